The van der Waals surface area contributed by atoms with Crippen LogP contribution in [0.5, 0.6) is 0 Å². The lowest BCUT2D eigenvalue weighted by atomic mass is 9.94. The van der Waals surface area contributed by atoms with Gasteiger partial charge in [0, 0.05) is 13.6 Å². The number of nitrogens with two attached hydrogens (primary N) is 1. The molecule has 0 aliphatic carbocycles. The Morgan fingerprint density at radius 3 is 2.55 bits per heavy atom. The van der Waals surface area contributed by atoms with Crippen LogP contribution in [0.25, 0.3) is 0 Å². The van der Waals surface area contributed by atoms with Crippen molar-refractivity contribution in [3.05, 3.63) is 28.8 Å². The highest BCUT2D eigenvalue weighted by atomic mass is 35.5. The number of hydrogen-bond acceptors (Lipinski definition) is 4. The minimum Gasteiger partial charge on any atom is -0.330 e. The standard InChI is InChI=1S/C13H18ClN3O2S/c1-13(2,8-16)9-17(3)20(18,19)11-4-5-12(14)10(6-11)7-15/h4-6H,8-9,16H2,1-3H3. The van der Waals surface area contributed by atoms with Gasteiger partial charge in [0.1, 0.15) is 6.07 Å². The van der Waals surface area contributed by atoms with Crippen LogP contribution in [0.2, 0.25) is 5.02 Å². The monoisotopic (exact) mass is 315 g/mol. The lowest BCUT2D eigenvalue weighted by Crippen LogP contribution is -2.39. The number of benzene rings is 1. The van der Waals surface area contributed by atoms with E-state index in [2.05, 4.69) is 0 Å². The molecular weight excluding hydrogens is 298 g/mol. The number of rotatable bonds is 5. The molecule has 0 fully saturated rings. The van der Waals surface area contributed by atoms with Crippen LogP contribution in [0.15, 0.2) is 23.1 Å². The normalized spacial score (nSPS) is 12.4. The fourth-order valence-electron chi connectivity index (χ4n) is 1.68. The molecule has 0 bridgehead atoms. The molecule has 7 heteroatoms. The molecule has 0 aromatic heterocycles. The zero-order valence-electron chi connectivity index (χ0n) is 11.7. The summed E-state index contributed by atoms with van der Waals surface area (Å²) >= 11 is 5.81. The van der Waals surface area contributed by atoms with Crippen molar-refractivity contribution in [2.24, 2.45) is 11.1 Å². The molecule has 1 aromatic carbocycles. The number of nitrogens with zero attached hydrogens (tertiary/aromatic N) is 2. The van der Waals surface area contributed by atoms with Gasteiger partial charge in [-0.15, -0.1) is 0 Å². The molecule has 1 rings (SSSR count). The Hall–Kier alpha value is -1.13. The fourth-order valence-corrected chi connectivity index (χ4v) is 3.23. The zero-order valence-corrected chi connectivity index (χ0v) is 13.3. The first kappa shape index (κ1) is 16.9. The molecule has 0 atom stereocenters. The Balaban J connectivity index is 3.15. The molecule has 0 saturated heterocycles. The predicted octanol–water partition coefficient (Wildman–Crippen LogP) is 1.82. The summed E-state index contributed by atoms with van der Waals surface area (Å²) in [6, 6.07) is 5.96. The van der Waals surface area contributed by atoms with E-state index in [-0.39, 0.29) is 27.4 Å². The number of hydrogen-bond donors (Lipinski definition) is 1. The second kappa shape index (κ2) is 6.10. The molecule has 0 aliphatic heterocycles. The van der Waals surface area contributed by atoms with E-state index in [0.717, 1.165) is 0 Å². The van der Waals surface area contributed by atoms with Gasteiger partial charge in [-0.1, -0.05) is 25.4 Å². The first-order chi connectivity index (χ1) is 9.14. The number of nitriles is 1. The summed E-state index contributed by atoms with van der Waals surface area (Å²) < 4.78 is 26.1. The first-order valence-corrected chi connectivity index (χ1v) is 7.82. The maximum Gasteiger partial charge on any atom is 0.242 e. The van der Waals surface area contributed by atoms with Crippen molar-refractivity contribution in [1.29, 1.82) is 5.26 Å². The number of halogens is 1. The Morgan fingerprint density at radius 2 is 2.05 bits per heavy atom. The van der Waals surface area contributed by atoms with Crippen molar-refractivity contribution in [2.45, 2.75) is 18.7 Å². The van der Waals surface area contributed by atoms with Crippen LogP contribution in [-0.2, 0) is 10.0 Å². The minimum absolute atomic E-state index is 0.0498. The molecule has 2 N–H and O–H groups in total. The molecular formula is C13H18ClN3O2S. The quantitative estimate of drug-likeness (QED) is 0.897. The summed E-state index contributed by atoms with van der Waals surface area (Å²) in [5.74, 6) is 0. The highest BCUT2D eigenvalue weighted by Gasteiger charge is 2.27. The van der Waals surface area contributed by atoms with E-state index in [1.165, 1.54) is 29.6 Å². The van der Waals surface area contributed by atoms with Crippen molar-refractivity contribution < 1.29 is 8.42 Å². The summed E-state index contributed by atoms with van der Waals surface area (Å²) in [4.78, 5) is 0.0498. The Morgan fingerprint density at radius 1 is 1.45 bits per heavy atom. The summed E-state index contributed by atoms with van der Waals surface area (Å²) in [6.07, 6.45) is 0. The van der Waals surface area contributed by atoms with Crippen LogP contribution in [0.1, 0.15) is 19.4 Å². The van der Waals surface area contributed by atoms with Crippen LogP contribution >= 0.6 is 11.6 Å². The van der Waals surface area contributed by atoms with Gasteiger partial charge in [-0.3, -0.25) is 0 Å². The van der Waals surface area contributed by atoms with Gasteiger partial charge in [0.2, 0.25) is 10.0 Å². The van der Waals surface area contributed by atoms with Gasteiger partial charge in [0.25, 0.3) is 0 Å². The zero-order chi connectivity index (χ0) is 15.6. The van der Waals surface area contributed by atoms with Crippen LogP contribution in [0.4, 0.5) is 0 Å². The molecule has 0 unspecified atom stereocenters. The topological polar surface area (TPSA) is 87.2 Å². The van der Waals surface area contributed by atoms with Crippen molar-refractivity contribution >= 4 is 21.6 Å². The van der Waals surface area contributed by atoms with Crippen LogP contribution in [-0.4, -0.2) is 32.9 Å². The second-order valence-electron chi connectivity index (χ2n) is 5.38. The summed E-state index contributed by atoms with van der Waals surface area (Å²) in [6.45, 7) is 4.44. The van der Waals surface area contributed by atoms with Gasteiger partial charge < -0.3 is 5.73 Å². The maximum absolute atomic E-state index is 12.4. The van der Waals surface area contributed by atoms with Crippen LogP contribution in [0, 0.1) is 16.7 Å². The molecule has 0 saturated carbocycles. The van der Waals surface area contributed by atoms with E-state index in [1.54, 1.807) is 0 Å². The smallest absolute Gasteiger partial charge is 0.242 e. The highest BCUT2D eigenvalue weighted by molar-refractivity contribution is 7.89. The third kappa shape index (κ3) is 3.70. The van der Waals surface area contributed by atoms with Gasteiger partial charge >= 0.3 is 0 Å². The minimum atomic E-state index is -3.66. The van der Waals surface area contributed by atoms with E-state index in [9.17, 15) is 8.42 Å². The Labute approximate surface area is 125 Å². The molecule has 0 amide bonds. The summed E-state index contributed by atoms with van der Waals surface area (Å²) in [7, 11) is -2.17. The van der Waals surface area contributed by atoms with E-state index in [0.29, 0.717) is 6.54 Å². The van der Waals surface area contributed by atoms with Crippen LogP contribution in [0.3, 0.4) is 0 Å². The summed E-state index contributed by atoms with van der Waals surface area (Å²) in [5.41, 5.74) is 5.43. The molecule has 0 radical (unpaired) electrons. The molecule has 0 aliphatic rings. The first-order valence-electron chi connectivity index (χ1n) is 6.00. The van der Waals surface area contributed by atoms with E-state index >= 15 is 0 Å². The molecule has 0 heterocycles. The Kier molecular flexibility index (Phi) is 5.16. The molecule has 20 heavy (non-hydrogen) atoms. The average molecular weight is 316 g/mol. The van der Waals surface area contributed by atoms with E-state index < -0.39 is 10.0 Å². The van der Waals surface area contributed by atoms with Gasteiger partial charge in [0.05, 0.1) is 15.5 Å². The maximum atomic E-state index is 12.4. The highest BCUT2D eigenvalue weighted by Crippen LogP contribution is 2.24. The molecule has 5 nitrogen and oxygen atoms in total. The van der Waals surface area contributed by atoms with Crippen molar-refractivity contribution in [3.63, 3.8) is 0 Å². The van der Waals surface area contributed by atoms with E-state index in [1.807, 2.05) is 19.9 Å². The van der Waals surface area contributed by atoms with Gasteiger partial charge in [-0.25, -0.2) is 12.7 Å². The van der Waals surface area contributed by atoms with Gasteiger partial charge in [0.15, 0.2) is 0 Å². The largest absolute Gasteiger partial charge is 0.330 e. The predicted molar refractivity (Wildman–Crippen MR) is 78.8 cm³/mol. The third-order valence-corrected chi connectivity index (χ3v) is 5.10. The summed E-state index contributed by atoms with van der Waals surface area (Å²) in [5, 5.41) is 9.15. The number of sulfonamides is 1. The molecule has 1 aromatic rings. The van der Waals surface area contributed by atoms with Crippen LogP contribution < -0.4 is 5.73 Å². The van der Waals surface area contributed by atoms with Gasteiger partial charge in [-0.2, -0.15) is 5.26 Å². The fraction of sp³-hybridized carbons (Fsp3) is 0.462. The molecule has 0 spiro atoms. The third-order valence-electron chi connectivity index (χ3n) is 2.97. The second-order valence-corrected chi connectivity index (χ2v) is 7.83. The SMILES string of the molecule is CN(CC(C)(C)CN)S(=O)(=O)c1ccc(Cl)c(C#N)c1. The average Bonchev–Trinajstić information content (AvgIpc) is 2.38. The van der Waals surface area contributed by atoms with Crippen molar-refractivity contribution in [2.75, 3.05) is 20.1 Å². The van der Waals surface area contributed by atoms with E-state index in [4.69, 9.17) is 22.6 Å². The lowest BCUT2D eigenvalue weighted by Gasteiger charge is -2.28. The Bertz CT molecular complexity index is 636. The van der Waals surface area contributed by atoms with Gasteiger partial charge in [-0.05, 0) is 30.2 Å². The lowest BCUT2D eigenvalue weighted by molar-refractivity contribution is 0.292. The van der Waals surface area contributed by atoms with Crippen molar-refractivity contribution in [3.8, 4) is 6.07 Å². The molecule has 110 valence electrons. The van der Waals surface area contributed by atoms with Crippen molar-refractivity contribution in [1.82, 2.24) is 4.31 Å².